The van der Waals surface area contributed by atoms with E-state index in [0.29, 0.717) is 22.8 Å². The molecule has 3 aromatic rings. The van der Waals surface area contributed by atoms with Gasteiger partial charge in [-0.25, -0.2) is 4.39 Å². The highest BCUT2D eigenvalue weighted by Gasteiger charge is 2.19. The third kappa shape index (κ3) is 4.03. The van der Waals surface area contributed by atoms with Crippen LogP contribution in [0.25, 0.3) is 22.3 Å². The Morgan fingerprint density at radius 3 is 1.93 bits per heavy atom. The zero-order valence-electron chi connectivity index (χ0n) is 15.4. The number of hydrogen-bond donors (Lipinski definition) is 0. The molecule has 27 heavy (non-hydrogen) atoms. The molecule has 0 N–H and O–H groups in total. The molecule has 0 spiro atoms. The molecule has 4 rings (SSSR count). The lowest BCUT2D eigenvalue weighted by atomic mass is 9.70. The fraction of sp³-hybridized carbons (Fsp3) is 0.250. The molecule has 0 atom stereocenters. The van der Waals surface area contributed by atoms with Crippen LogP contribution in [0.1, 0.15) is 37.2 Å². The van der Waals surface area contributed by atoms with Crippen molar-refractivity contribution in [2.24, 2.45) is 0 Å². The Hall–Kier alpha value is -2.28. The van der Waals surface area contributed by atoms with E-state index in [1.807, 2.05) is 48.5 Å². The molecule has 0 aliphatic heterocycles. The van der Waals surface area contributed by atoms with Gasteiger partial charge in [-0.1, -0.05) is 84.8 Å². The Morgan fingerprint density at radius 2 is 1.30 bits per heavy atom. The molecule has 0 heterocycles. The summed E-state index contributed by atoms with van der Waals surface area (Å²) in [6, 6.07) is 21.2. The lowest BCUT2D eigenvalue weighted by Crippen LogP contribution is -2.09. The molecule has 1 fully saturated rings. The maximum atomic E-state index is 14.8. The minimum absolute atomic E-state index is 0.208. The molecule has 1 aliphatic carbocycles. The van der Waals surface area contributed by atoms with Gasteiger partial charge in [0.1, 0.15) is 13.7 Å². The minimum atomic E-state index is -0.208. The van der Waals surface area contributed by atoms with Gasteiger partial charge in [0, 0.05) is 5.56 Å². The van der Waals surface area contributed by atoms with Crippen molar-refractivity contribution < 1.29 is 4.39 Å². The summed E-state index contributed by atoms with van der Waals surface area (Å²) in [6.45, 7) is 0. The summed E-state index contributed by atoms with van der Waals surface area (Å²) in [7, 11) is 11.7. The Kier molecular flexibility index (Phi) is 5.20. The van der Waals surface area contributed by atoms with E-state index in [2.05, 4.69) is 12.1 Å². The third-order valence-corrected chi connectivity index (χ3v) is 5.68. The predicted octanol–water partition coefficient (Wildman–Crippen LogP) is 5.57. The topological polar surface area (TPSA) is 0 Å². The molecule has 0 unspecified atom stereocenters. The smallest absolute Gasteiger partial charge is 0.131 e. The van der Waals surface area contributed by atoms with Gasteiger partial charge in [0.25, 0.3) is 0 Å². The first kappa shape index (κ1) is 18.1. The van der Waals surface area contributed by atoms with Gasteiger partial charge in [-0.2, -0.15) is 0 Å². The maximum Gasteiger partial charge on any atom is 0.131 e. The van der Waals surface area contributed by atoms with E-state index in [1.165, 1.54) is 5.56 Å². The summed E-state index contributed by atoms with van der Waals surface area (Å²) in [6.07, 6.45) is 4.47. The highest BCUT2D eigenvalue weighted by atomic mass is 19.1. The fourth-order valence-corrected chi connectivity index (χ4v) is 3.99. The molecule has 3 heteroatoms. The Morgan fingerprint density at radius 1 is 0.704 bits per heavy atom. The molecule has 0 bridgehead atoms. The second kappa shape index (κ2) is 7.76. The van der Waals surface area contributed by atoms with Crippen molar-refractivity contribution in [1.29, 1.82) is 0 Å². The van der Waals surface area contributed by atoms with Gasteiger partial charge in [0.05, 0.1) is 7.85 Å². The first-order valence-corrected chi connectivity index (χ1v) is 9.61. The van der Waals surface area contributed by atoms with Crippen LogP contribution in [0.5, 0.6) is 0 Å². The predicted molar refractivity (Wildman–Crippen MR) is 113 cm³/mol. The zero-order valence-corrected chi connectivity index (χ0v) is 15.4. The van der Waals surface area contributed by atoms with Gasteiger partial charge in [-0.3, -0.25) is 0 Å². The molecule has 0 amide bonds. The summed E-state index contributed by atoms with van der Waals surface area (Å²) in [5.74, 6) is 0.728. The van der Waals surface area contributed by atoms with Crippen LogP contribution in [-0.4, -0.2) is 15.7 Å². The van der Waals surface area contributed by atoms with Crippen LogP contribution in [-0.2, 0) is 0 Å². The lowest BCUT2D eigenvalue weighted by Gasteiger charge is -2.26. The third-order valence-electron chi connectivity index (χ3n) is 5.68. The summed E-state index contributed by atoms with van der Waals surface area (Å²) >= 11 is 0. The molecule has 3 aromatic carbocycles. The normalized spacial score (nSPS) is 19.7. The minimum Gasteiger partial charge on any atom is -0.206 e. The van der Waals surface area contributed by atoms with Crippen molar-refractivity contribution in [2.75, 3.05) is 0 Å². The largest absolute Gasteiger partial charge is 0.206 e. The Balaban J connectivity index is 1.55. The molecule has 0 aromatic heterocycles. The zero-order chi connectivity index (χ0) is 18.8. The van der Waals surface area contributed by atoms with Crippen LogP contribution in [0.2, 0.25) is 5.82 Å². The Bertz CT molecular complexity index is 908. The molecular weight excluding hydrogens is 329 g/mol. The quantitative estimate of drug-likeness (QED) is 0.542. The first-order valence-electron chi connectivity index (χ1n) is 9.61. The monoisotopic (exact) mass is 350 g/mol. The molecular formula is C24H21B2F. The van der Waals surface area contributed by atoms with Crippen LogP contribution >= 0.6 is 0 Å². The lowest BCUT2D eigenvalue weighted by molar-refractivity contribution is 0.444. The SMILES string of the molecule is [B]c1ccc(-c2ccc(-c3ccc(C4CCC([B])CC4)cc3)c(F)c2)cc1. The average Bonchev–Trinajstić information content (AvgIpc) is 2.69. The Labute approximate surface area is 163 Å². The van der Waals surface area contributed by atoms with Gasteiger partial charge < -0.3 is 0 Å². The van der Waals surface area contributed by atoms with E-state index < -0.39 is 0 Å². The highest BCUT2D eigenvalue weighted by Crippen LogP contribution is 2.38. The standard InChI is InChI=1S/C24H21B2F/c25-21-10-5-17(6-11-21)16-1-3-19(4-2-16)23-14-9-20(15-24(23)27)18-7-12-22(26)13-8-18/h1-4,7-9,12-15,17,21H,5-6,10-11H2. The molecule has 0 nitrogen and oxygen atoms in total. The number of halogens is 1. The average molecular weight is 350 g/mol. The van der Waals surface area contributed by atoms with Crippen molar-refractivity contribution in [3.63, 3.8) is 0 Å². The van der Waals surface area contributed by atoms with E-state index in [0.717, 1.165) is 42.4 Å². The molecule has 4 radical (unpaired) electrons. The van der Waals surface area contributed by atoms with Crippen molar-refractivity contribution in [1.82, 2.24) is 0 Å². The van der Waals surface area contributed by atoms with Crippen molar-refractivity contribution >= 4 is 21.2 Å². The van der Waals surface area contributed by atoms with E-state index in [1.54, 1.807) is 6.07 Å². The molecule has 1 aliphatic rings. The van der Waals surface area contributed by atoms with Crippen LogP contribution in [0.4, 0.5) is 4.39 Å². The number of hydrogen-bond acceptors (Lipinski definition) is 0. The van der Waals surface area contributed by atoms with Crippen molar-refractivity contribution in [3.8, 4) is 22.3 Å². The summed E-state index contributed by atoms with van der Waals surface area (Å²) in [5.41, 5.74) is 5.39. The van der Waals surface area contributed by atoms with Crippen LogP contribution in [0.15, 0.2) is 66.7 Å². The second-order valence-electron chi connectivity index (χ2n) is 7.55. The first-order chi connectivity index (χ1) is 13.1. The molecule has 130 valence electrons. The van der Waals surface area contributed by atoms with Crippen LogP contribution in [0.3, 0.4) is 0 Å². The van der Waals surface area contributed by atoms with Gasteiger partial charge >= 0.3 is 0 Å². The maximum absolute atomic E-state index is 14.8. The fourth-order valence-electron chi connectivity index (χ4n) is 3.99. The second-order valence-corrected chi connectivity index (χ2v) is 7.55. The molecule has 1 saturated carbocycles. The highest BCUT2D eigenvalue weighted by molar-refractivity contribution is 6.32. The van der Waals surface area contributed by atoms with Gasteiger partial charge in [-0.05, 0) is 47.1 Å². The van der Waals surface area contributed by atoms with Crippen LogP contribution < -0.4 is 5.46 Å². The van der Waals surface area contributed by atoms with Crippen LogP contribution in [0, 0.1) is 5.82 Å². The van der Waals surface area contributed by atoms with E-state index in [4.69, 9.17) is 15.7 Å². The molecule has 0 saturated heterocycles. The van der Waals surface area contributed by atoms with Gasteiger partial charge in [0.15, 0.2) is 0 Å². The van der Waals surface area contributed by atoms with Crippen molar-refractivity contribution in [3.05, 3.63) is 78.1 Å². The van der Waals surface area contributed by atoms with E-state index in [-0.39, 0.29) is 5.82 Å². The summed E-state index contributed by atoms with van der Waals surface area (Å²) in [4.78, 5) is 0. The number of benzene rings is 3. The number of rotatable bonds is 3. The van der Waals surface area contributed by atoms with Gasteiger partial charge in [0.2, 0.25) is 0 Å². The summed E-state index contributed by atoms with van der Waals surface area (Å²) < 4.78 is 14.8. The van der Waals surface area contributed by atoms with Crippen molar-refractivity contribution in [2.45, 2.75) is 37.4 Å². The van der Waals surface area contributed by atoms with E-state index in [9.17, 15) is 4.39 Å². The van der Waals surface area contributed by atoms with E-state index >= 15 is 0 Å². The van der Waals surface area contributed by atoms with Gasteiger partial charge in [-0.15, -0.1) is 0 Å². The summed E-state index contributed by atoms with van der Waals surface area (Å²) in [5, 5.41) is 0.